The van der Waals surface area contributed by atoms with E-state index in [4.69, 9.17) is 4.74 Å². The first-order chi connectivity index (χ1) is 11.6. The maximum Gasteiger partial charge on any atom is 0.263 e. The van der Waals surface area contributed by atoms with Crippen LogP contribution in [-0.4, -0.2) is 15.9 Å². The number of rotatable bonds is 4. The minimum Gasteiger partial charge on any atom is -0.457 e. The lowest BCUT2D eigenvalue weighted by molar-refractivity contribution is 0.102. The second-order valence-corrected chi connectivity index (χ2v) is 5.11. The number of aromatic nitrogens is 2. The molecule has 0 aliphatic rings. The minimum atomic E-state index is -0.513. The molecule has 0 bridgehead atoms. The molecule has 0 radical (unpaired) electrons. The van der Waals surface area contributed by atoms with Crippen LogP contribution in [-0.2, 0) is 0 Å². The Morgan fingerprint density at radius 1 is 1.04 bits per heavy atom. The largest absolute Gasteiger partial charge is 0.457 e. The summed E-state index contributed by atoms with van der Waals surface area (Å²) in [6.07, 6.45) is 1.26. The van der Waals surface area contributed by atoms with Crippen molar-refractivity contribution in [1.82, 2.24) is 9.97 Å². The maximum atomic E-state index is 12.1. The third kappa shape index (κ3) is 3.67. The molecule has 1 heterocycles. The topological polar surface area (TPSA) is 84.1 Å². The number of nitrogens with zero attached hydrogens (tertiary/aromatic N) is 1. The molecule has 0 aliphatic carbocycles. The van der Waals surface area contributed by atoms with Crippen LogP contribution in [0.15, 0.2) is 65.6 Å². The lowest BCUT2D eigenvalue weighted by Crippen LogP contribution is -2.24. The van der Waals surface area contributed by atoms with Crippen LogP contribution in [0.3, 0.4) is 0 Å². The quantitative estimate of drug-likeness (QED) is 0.773. The number of aryl methyl sites for hydroxylation is 1. The van der Waals surface area contributed by atoms with Crippen LogP contribution in [0.1, 0.15) is 16.2 Å². The average molecular weight is 321 g/mol. The van der Waals surface area contributed by atoms with Crippen LogP contribution in [0, 0.1) is 6.92 Å². The molecule has 2 N–H and O–H groups in total. The average Bonchev–Trinajstić information content (AvgIpc) is 2.57. The van der Waals surface area contributed by atoms with Crippen molar-refractivity contribution in [3.63, 3.8) is 0 Å². The second-order valence-electron chi connectivity index (χ2n) is 5.11. The highest BCUT2D eigenvalue weighted by Crippen LogP contribution is 2.22. The third-order valence-corrected chi connectivity index (χ3v) is 3.26. The number of anilines is 1. The van der Waals surface area contributed by atoms with Crippen LogP contribution in [0.25, 0.3) is 0 Å². The Kier molecular flexibility index (Phi) is 4.38. The molecule has 6 nitrogen and oxygen atoms in total. The molecule has 3 aromatic rings. The molecule has 3 rings (SSSR count). The van der Waals surface area contributed by atoms with Gasteiger partial charge in [-0.05, 0) is 43.3 Å². The number of hydrogen-bond acceptors (Lipinski definition) is 4. The van der Waals surface area contributed by atoms with E-state index in [9.17, 15) is 9.59 Å². The smallest absolute Gasteiger partial charge is 0.263 e. The summed E-state index contributed by atoms with van der Waals surface area (Å²) in [5.74, 6) is 1.32. The summed E-state index contributed by atoms with van der Waals surface area (Å²) in [5, 5.41) is 2.66. The number of ether oxygens (including phenoxy) is 1. The van der Waals surface area contributed by atoms with Gasteiger partial charge in [0, 0.05) is 11.9 Å². The zero-order chi connectivity index (χ0) is 16.9. The zero-order valence-electron chi connectivity index (χ0n) is 12.9. The fraction of sp³-hybridized carbons (Fsp3) is 0.0556. The van der Waals surface area contributed by atoms with E-state index in [-0.39, 0.29) is 5.56 Å². The van der Waals surface area contributed by atoms with Gasteiger partial charge in [0.2, 0.25) is 0 Å². The summed E-state index contributed by atoms with van der Waals surface area (Å²) in [4.78, 5) is 30.3. The Bertz CT molecular complexity index is 903. The maximum absolute atomic E-state index is 12.1. The Morgan fingerprint density at radius 3 is 2.38 bits per heavy atom. The van der Waals surface area contributed by atoms with E-state index >= 15 is 0 Å². The molecule has 0 saturated heterocycles. The van der Waals surface area contributed by atoms with Crippen molar-refractivity contribution in [1.29, 1.82) is 0 Å². The summed E-state index contributed by atoms with van der Waals surface area (Å²) >= 11 is 0. The van der Waals surface area contributed by atoms with Gasteiger partial charge < -0.3 is 15.0 Å². The van der Waals surface area contributed by atoms with Crippen molar-refractivity contribution < 1.29 is 9.53 Å². The number of para-hydroxylation sites is 1. The molecule has 1 aromatic heterocycles. The molecule has 24 heavy (non-hydrogen) atoms. The van der Waals surface area contributed by atoms with Gasteiger partial charge in [-0.2, -0.15) is 0 Å². The van der Waals surface area contributed by atoms with Gasteiger partial charge in [0.05, 0.1) is 0 Å². The monoisotopic (exact) mass is 321 g/mol. The van der Waals surface area contributed by atoms with E-state index in [1.807, 2.05) is 30.3 Å². The van der Waals surface area contributed by atoms with Crippen molar-refractivity contribution in [2.45, 2.75) is 6.92 Å². The van der Waals surface area contributed by atoms with Crippen LogP contribution in [0.4, 0.5) is 5.69 Å². The fourth-order valence-corrected chi connectivity index (χ4v) is 2.08. The van der Waals surface area contributed by atoms with Crippen LogP contribution >= 0.6 is 0 Å². The van der Waals surface area contributed by atoms with E-state index in [1.165, 1.54) is 6.20 Å². The van der Waals surface area contributed by atoms with Gasteiger partial charge in [-0.1, -0.05) is 18.2 Å². The summed E-state index contributed by atoms with van der Waals surface area (Å²) in [7, 11) is 0. The highest BCUT2D eigenvalue weighted by molar-refractivity contribution is 6.03. The van der Waals surface area contributed by atoms with E-state index < -0.39 is 11.5 Å². The van der Waals surface area contributed by atoms with E-state index in [1.54, 1.807) is 31.2 Å². The molecule has 0 spiro atoms. The van der Waals surface area contributed by atoms with Crippen molar-refractivity contribution in [3.05, 3.63) is 82.5 Å². The third-order valence-electron chi connectivity index (χ3n) is 3.26. The molecule has 120 valence electrons. The Labute approximate surface area is 138 Å². The van der Waals surface area contributed by atoms with Crippen molar-refractivity contribution in [2.75, 3.05) is 5.32 Å². The number of carbonyl (C=O) groups is 1. The molecule has 0 saturated carbocycles. The number of hydrogen-bond donors (Lipinski definition) is 2. The number of benzene rings is 2. The first-order valence-corrected chi connectivity index (χ1v) is 7.32. The molecule has 0 atom stereocenters. The van der Waals surface area contributed by atoms with Crippen LogP contribution in [0.5, 0.6) is 11.5 Å². The summed E-state index contributed by atoms with van der Waals surface area (Å²) < 4.78 is 5.68. The first kappa shape index (κ1) is 15.5. The van der Waals surface area contributed by atoms with Crippen LogP contribution in [0.2, 0.25) is 0 Å². The number of carbonyl (C=O) groups excluding carboxylic acids is 1. The molecule has 6 heteroatoms. The second kappa shape index (κ2) is 6.78. The summed E-state index contributed by atoms with van der Waals surface area (Å²) in [5.41, 5.74) is 0.0506. The van der Waals surface area contributed by atoms with E-state index in [0.29, 0.717) is 17.3 Å². The lowest BCUT2D eigenvalue weighted by atomic mass is 10.2. The molecule has 1 amide bonds. The lowest BCUT2D eigenvalue weighted by Gasteiger charge is -2.08. The van der Waals surface area contributed by atoms with Crippen molar-refractivity contribution >= 4 is 11.6 Å². The van der Waals surface area contributed by atoms with Gasteiger partial charge in [0.1, 0.15) is 22.9 Å². The fourth-order valence-electron chi connectivity index (χ4n) is 2.08. The number of aromatic amines is 1. The predicted octanol–water partition coefficient (Wildman–Crippen LogP) is 3.12. The molecule has 0 aliphatic heterocycles. The van der Waals surface area contributed by atoms with Gasteiger partial charge in [-0.3, -0.25) is 9.59 Å². The zero-order valence-corrected chi connectivity index (χ0v) is 12.9. The highest BCUT2D eigenvalue weighted by Gasteiger charge is 2.11. The number of H-pyrrole nitrogens is 1. The van der Waals surface area contributed by atoms with E-state index in [2.05, 4.69) is 15.3 Å². The molecule has 0 unspecified atom stereocenters. The molecular formula is C18H15N3O3. The van der Waals surface area contributed by atoms with Gasteiger partial charge >= 0.3 is 0 Å². The van der Waals surface area contributed by atoms with Gasteiger partial charge in [0.15, 0.2) is 0 Å². The van der Waals surface area contributed by atoms with Gasteiger partial charge in [-0.15, -0.1) is 0 Å². The van der Waals surface area contributed by atoms with Gasteiger partial charge in [-0.25, -0.2) is 4.98 Å². The standard InChI is InChI=1S/C18H15N3O3/c1-12-19-11-16(17(22)20-12)18(23)21-13-7-9-15(10-8-13)24-14-5-3-2-4-6-14/h2-11H,1H3,(H,21,23)(H,19,20,22). The van der Waals surface area contributed by atoms with Crippen molar-refractivity contribution in [3.8, 4) is 11.5 Å². The Morgan fingerprint density at radius 2 is 1.71 bits per heavy atom. The predicted molar refractivity (Wildman–Crippen MR) is 90.5 cm³/mol. The summed E-state index contributed by atoms with van der Waals surface area (Å²) in [6, 6.07) is 16.3. The molecule has 2 aromatic carbocycles. The highest BCUT2D eigenvalue weighted by atomic mass is 16.5. The molecular weight excluding hydrogens is 306 g/mol. The Balaban J connectivity index is 1.70. The Hall–Kier alpha value is -3.41. The van der Waals surface area contributed by atoms with Gasteiger partial charge in [0.25, 0.3) is 11.5 Å². The number of amides is 1. The first-order valence-electron chi connectivity index (χ1n) is 7.32. The number of nitrogens with one attached hydrogen (secondary N) is 2. The summed E-state index contributed by atoms with van der Waals surface area (Å²) in [6.45, 7) is 1.65. The minimum absolute atomic E-state index is 0.0368. The van der Waals surface area contributed by atoms with Crippen molar-refractivity contribution in [2.24, 2.45) is 0 Å². The molecule has 0 fully saturated rings. The van der Waals surface area contributed by atoms with E-state index in [0.717, 1.165) is 5.75 Å². The normalized spacial score (nSPS) is 10.2. The SMILES string of the molecule is Cc1ncc(C(=O)Nc2ccc(Oc3ccccc3)cc2)c(=O)[nH]1. The van der Waals surface area contributed by atoms with Crippen LogP contribution < -0.4 is 15.6 Å².